The third-order valence-corrected chi connectivity index (χ3v) is 2.61. The molecule has 96 valence electrons. The molecule has 19 heavy (non-hydrogen) atoms. The zero-order valence-electron chi connectivity index (χ0n) is 9.50. The first-order valence-corrected chi connectivity index (χ1v) is 5.29. The highest BCUT2D eigenvalue weighted by Gasteiger charge is 2.34. The van der Waals surface area contributed by atoms with Gasteiger partial charge in [-0.15, -0.1) is 0 Å². The van der Waals surface area contributed by atoms with Crippen molar-refractivity contribution in [2.75, 3.05) is 0 Å². The second kappa shape index (κ2) is 4.73. The summed E-state index contributed by atoms with van der Waals surface area (Å²) in [4.78, 5) is 0. The van der Waals surface area contributed by atoms with Crippen LogP contribution in [0.4, 0.5) is 17.6 Å². The third kappa shape index (κ3) is 2.74. The molecule has 0 atom stereocenters. The fraction of sp³-hybridized carbons (Fsp3) is 0.0714. The average molecular weight is 265 g/mol. The van der Waals surface area contributed by atoms with E-state index in [4.69, 9.17) is 5.26 Å². The lowest BCUT2D eigenvalue weighted by molar-refractivity contribution is -0.137. The Morgan fingerprint density at radius 3 is 2.11 bits per heavy atom. The minimum absolute atomic E-state index is 0.0711. The van der Waals surface area contributed by atoms with Crippen LogP contribution in [0, 0.1) is 17.1 Å². The molecule has 0 unspecified atom stereocenters. The number of rotatable bonds is 1. The Labute approximate surface area is 106 Å². The topological polar surface area (TPSA) is 23.8 Å². The van der Waals surface area contributed by atoms with E-state index in [0.29, 0.717) is 0 Å². The molecule has 0 saturated carbocycles. The van der Waals surface area contributed by atoms with E-state index in [1.54, 1.807) is 6.07 Å². The molecule has 0 aliphatic carbocycles. The van der Waals surface area contributed by atoms with Crippen molar-refractivity contribution in [3.63, 3.8) is 0 Å². The molecule has 2 rings (SSSR count). The van der Waals surface area contributed by atoms with Gasteiger partial charge in [0, 0.05) is 0 Å². The Morgan fingerprint density at radius 1 is 0.947 bits per heavy atom. The molecule has 2 aromatic rings. The highest BCUT2D eigenvalue weighted by molar-refractivity contribution is 5.69. The van der Waals surface area contributed by atoms with Gasteiger partial charge in [0.25, 0.3) is 0 Å². The fourth-order valence-corrected chi connectivity index (χ4v) is 1.73. The predicted octanol–water partition coefficient (Wildman–Crippen LogP) is 4.38. The second-order valence-corrected chi connectivity index (χ2v) is 3.88. The normalized spacial score (nSPS) is 11.1. The minimum Gasteiger partial charge on any atom is -0.207 e. The second-order valence-electron chi connectivity index (χ2n) is 3.88. The largest absolute Gasteiger partial charge is 0.417 e. The molecule has 2 aromatic carbocycles. The molecule has 1 nitrogen and oxygen atoms in total. The predicted molar refractivity (Wildman–Crippen MR) is 61.6 cm³/mol. The monoisotopic (exact) mass is 265 g/mol. The van der Waals surface area contributed by atoms with E-state index in [1.807, 2.05) is 0 Å². The first-order valence-electron chi connectivity index (χ1n) is 5.29. The van der Waals surface area contributed by atoms with E-state index in [1.165, 1.54) is 24.3 Å². The Hall–Kier alpha value is -2.35. The van der Waals surface area contributed by atoms with Gasteiger partial charge in [0.05, 0.1) is 17.2 Å². The van der Waals surface area contributed by atoms with Gasteiger partial charge in [-0.1, -0.05) is 18.2 Å². The summed E-state index contributed by atoms with van der Waals surface area (Å²) in [6.45, 7) is 0. The molecule has 0 bridgehead atoms. The average Bonchev–Trinajstić information content (AvgIpc) is 2.38. The lowest BCUT2D eigenvalue weighted by Crippen LogP contribution is -2.07. The molecular weight excluding hydrogens is 258 g/mol. The van der Waals surface area contributed by atoms with Crippen molar-refractivity contribution in [2.45, 2.75) is 6.18 Å². The van der Waals surface area contributed by atoms with Crippen LogP contribution in [-0.2, 0) is 6.18 Å². The van der Waals surface area contributed by atoms with E-state index in [2.05, 4.69) is 0 Å². The Kier molecular flexibility index (Phi) is 3.26. The number of nitriles is 1. The molecular formula is C14H7F4N. The molecule has 0 N–H and O–H groups in total. The van der Waals surface area contributed by atoms with Crippen LogP contribution >= 0.6 is 0 Å². The summed E-state index contributed by atoms with van der Waals surface area (Å²) >= 11 is 0. The van der Waals surface area contributed by atoms with Crippen molar-refractivity contribution < 1.29 is 17.6 Å². The molecule has 0 amide bonds. The maximum atomic E-state index is 12.9. The van der Waals surface area contributed by atoms with Crippen LogP contribution in [-0.4, -0.2) is 0 Å². The molecule has 0 heterocycles. The van der Waals surface area contributed by atoms with E-state index in [-0.39, 0.29) is 16.7 Å². The maximum absolute atomic E-state index is 12.9. The van der Waals surface area contributed by atoms with E-state index in [9.17, 15) is 17.6 Å². The van der Waals surface area contributed by atoms with Crippen LogP contribution in [0.5, 0.6) is 0 Å². The number of halogens is 4. The Morgan fingerprint density at radius 2 is 1.58 bits per heavy atom. The molecule has 0 spiro atoms. The molecule has 0 fully saturated rings. The standard InChI is InChI=1S/C14H7F4N/c15-11-4-2-10(3-5-11)12-6-1-9(8-19)7-13(12)14(16,17)18/h1-7H. The summed E-state index contributed by atoms with van der Waals surface area (Å²) in [5.41, 5.74) is -0.805. The lowest BCUT2D eigenvalue weighted by Gasteiger charge is -2.13. The third-order valence-electron chi connectivity index (χ3n) is 2.61. The first kappa shape index (κ1) is 13.1. The van der Waals surface area contributed by atoms with Crippen LogP contribution in [0.15, 0.2) is 42.5 Å². The summed E-state index contributed by atoms with van der Waals surface area (Å²) < 4.78 is 51.6. The van der Waals surface area contributed by atoms with Gasteiger partial charge in [0.1, 0.15) is 5.82 Å². The molecule has 0 saturated heterocycles. The van der Waals surface area contributed by atoms with E-state index < -0.39 is 17.6 Å². The van der Waals surface area contributed by atoms with Gasteiger partial charge in [-0.25, -0.2) is 4.39 Å². The summed E-state index contributed by atoms with van der Waals surface area (Å²) in [5.74, 6) is -0.522. The van der Waals surface area contributed by atoms with Gasteiger partial charge in [0.15, 0.2) is 0 Å². The summed E-state index contributed by atoms with van der Waals surface area (Å²) in [7, 11) is 0. The summed E-state index contributed by atoms with van der Waals surface area (Å²) in [6, 6.07) is 9.70. The van der Waals surface area contributed by atoms with Gasteiger partial charge < -0.3 is 0 Å². The number of hydrogen-bond acceptors (Lipinski definition) is 1. The molecule has 0 aliphatic rings. The van der Waals surface area contributed by atoms with Crippen molar-refractivity contribution in [1.29, 1.82) is 5.26 Å². The molecule has 0 aliphatic heterocycles. The highest BCUT2D eigenvalue weighted by Crippen LogP contribution is 2.37. The van der Waals surface area contributed by atoms with Crippen molar-refractivity contribution >= 4 is 0 Å². The van der Waals surface area contributed by atoms with Crippen LogP contribution in [0.3, 0.4) is 0 Å². The first-order chi connectivity index (χ1) is 8.91. The Balaban J connectivity index is 2.63. The van der Waals surface area contributed by atoms with Crippen molar-refractivity contribution in [3.05, 3.63) is 59.4 Å². The molecule has 0 radical (unpaired) electrons. The number of hydrogen-bond donors (Lipinski definition) is 0. The van der Waals surface area contributed by atoms with Crippen molar-refractivity contribution in [3.8, 4) is 17.2 Å². The van der Waals surface area contributed by atoms with Gasteiger partial charge in [-0.3, -0.25) is 0 Å². The molecule has 5 heteroatoms. The zero-order chi connectivity index (χ0) is 14.0. The number of nitrogens with zero attached hydrogens (tertiary/aromatic N) is 1. The van der Waals surface area contributed by atoms with Gasteiger partial charge in [0.2, 0.25) is 0 Å². The quantitative estimate of drug-likeness (QED) is 0.702. The highest BCUT2D eigenvalue weighted by atomic mass is 19.4. The zero-order valence-corrected chi connectivity index (χ0v) is 9.50. The molecule has 0 aromatic heterocycles. The van der Waals surface area contributed by atoms with Gasteiger partial charge >= 0.3 is 6.18 Å². The van der Waals surface area contributed by atoms with Crippen molar-refractivity contribution in [2.24, 2.45) is 0 Å². The van der Waals surface area contributed by atoms with Crippen LogP contribution in [0.25, 0.3) is 11.1 Å². The fourth-order valence-electron chi connectivity index (χ4n) is 1.73. The van der Waals surface area contributed by atoms with E-state index >= 15 is 0 Å². The number of benzene rings is 2. The van der Waals surface area contributed by atoms with Gasteiger partial charge in [-0.05, 0) is 35.4 Å². The SMILES string of the molecule is N#Cc1ccc(-c2ccc(F)cc2)c(C(F)(F)F)c1. The van der Waals surface area contributed by atoms with Crippen LogP contribution in [0.1, 0.15) is 11.1 Å². The lowest BCUT2D eigenvalue weighted by atomic mass is 9.97. The Bertz CT molecular complexity index is 636. The smallest absolute Gasteiger partial charge is 0.207 e. The number of alkyl halides is 3. The maximum Gasteiger partial charge on any atom is 0.417 e. The van der Waals surface area contributed by atoms with E-state index in [0.717, 1.165) is 18.2 Å². The minimum atomic E-state index is -4.57. The summed E-state index contributed by atoms with van der Waals surface area (Å²) in [5, 5.41) is 8.66. The summed E-state index contributed by atoms with van der Waals surface area (Å²) in [6.07, 6.45) is -4.57. The van der Waals surface area contributed by atoms with Crippen molar-refractivity contribution in [1.82, 2.24) is 0 Å². The van der Waals surface area contributed by atoms with Crippen LogP contribution < -0.4 is 0 Å². The van der Waals surface area contributed by atoms with Crippen LogP contribution in [0.2, 0.25) is 0 Å². The van der Waals surface area contributed by atoms with Gasteiger partial charge in [-0.2, -0.15) is 18.4 Å².